The molecule has 10 heteroatoms. The topological polar surface area (TPSA) is 103 Å². The normalized spacial score (nSPS) is 22.6. The molecule has 2 aliphatic rings. The Kier molecular flexibility index (Phi) is 6.53. The average molecular weight is 525 g/mol. The van der Waals surface area contributed by atoms with Gasteiger partial charge in [-0.1, -0.05) is 0 Å². The van der Waals surface area contributed by atoms with E-state index in [-0.39, 0.29) is 35.8 Å². The number of nitrogens with zero attached hydrogens (tertiary/aromatic N) is 4. The summed E-state index contributed by atoms with van der Waals surface area (Å²) in [6.45, 7) is 6.00. The fourth-order valence-electron chi connectivity index (χ4n) is 4.24. The number of guanidine groups is 1. The summed E-state index contributed by atoms with van der Waals surface area (Å²) in [5.74, 6) is 0.692. The van der Waals surface area contributed by atoms with Crippen molar-refractivity contribution in [1.29, 1.82) is 0 Å². The lowest BCUT2D eigenvalue weighted by molar-refractivity contribution is -0.125. The molecule has 1 atom stereocenters. The van der Waals surface area contributed by atoms with E-state index in [1.165, 1.54) is 5.56 Å². The maximum absolute atomic E-state index is 12.2. The Morgan fingerprint density at radius 1 is 1.37 bits per heavy atom. The maximum Gasteiger partial charge on any atom is 0.322 e. The molecule has 3 N–H and O–H groups in total. The highest BCUT2D eigenvalue weighted by Crippen LogP contribution is 2.30. The zero-order valence-electron chi connectivity index (χ0n) is 17.4. The van der Waals surface area contributed by atoms with Gasteiger partial charge in [0.1, 0.15) is 11.2 Å². The minimum atomic E-state index is -0.825. The summed E-state index contributed by atoms with van der Waals surface area (Å²) in [5, 5.41) is 8.54. The SMILES string of the molecule is CN=C(NCc1cn2ccc(C)cc2n1)N1CCC(C2(C)NC(=O)NC2=O)CC1.I. The number of aryl methyl sites for hydroxylation is 1. The molecule has 0 aromatic carbocycles. The van der Waals surface area contributed by atoms with Crippen LogP contribution in [0, 0.1) is 12.8 Å². The highest BCUT2D eigenvalue weighted by atomic mass is 127. The van der Waals surface area contributed by atoms with Crippen molar-refractivity contribution in [1.82, 2.24) is 30.2 Å². The van der Waals surface area contributed by atoms with Gasteiger partial charge >= 0.3 is 6.03 Å². The van der Waals surface area contributed by atoms with Gasteiger partial charge in [0.15, 0.2) is 5.96 Å². The molecular weight excluding hydrogens is 497 g/mol. The van der Waals surface area contributed by atoms with E-state index in [0.29, 0.717) is 6.54 Å². The Bertz CT molecular complexity index is 981. The summed E-state index contributed by atoms with van der Waals surface area (Å²) in [7, 11) is 1.77. The van der Waals surface area contributed by atoms with Crippen molar-refractivity contribution >= 4 is 47.5 Å². The summed E-state index contributed by atoms with van der Waals surface area (Å²) in [5.41, 5.74) is 2.24. The molecule has 0 spiro atoms. The van der Waals surface area contributed by atoms with Crippen LogP contribution in [0.4, 0.5) is 4.79 Å². The van der Waals surface area contributed by atoms with Crippen LogP contribution in [0.25, 0.3) is 5.65 Å². The number of piperidine rings is 1. The van der Waals surface area contributed by atoms with Crippen molar-refractivity contribution in [3.63, 3.8) is 0 Å². The fourth-order valence-corrected chi connectivity index (χ4v) is 4.24. The van der Waals surface area contributed by atoms with Crippen molar-refractivity contribution in [2.24, 2.45) is 10.9 Å². The highest BCUT2D eigenvalue weighted by molar-refractivity contribution is 14.0. The second-order valence-corrected chi connectivity index (χ2v) is 7.97. The monoisotopic (exact) mass is 525 g/mol. The molecule has 1 unspecified atom stereocenters. The summed E-state index contributed by atoms with van der Waals surface area (Å²) in [4.78, 5) is 35.0. The number of carbonyl (C=O) groups excluding carboxylic acids is 2. The average Bonchev–Trinajstić information content (AvgIpc) is 3.22. The predicted molar refractivity (Wildman–Crippen MR) is 125 cm³/mol. The first-order chi connectivity index (χ1) is 13.9. The Morgan fingerprint density at radius 2 is 2.10 bits per heavy atom. The highest BCUT2D eigenvalue weighted by Gasteiger charge is 2.48. The number of aromatic nitrogens is 2. The lowest BCUT2D eigenvalue weighted by Crippen LogP contribution is -2.55. The maximum atomic E-state index is 12.2. The van der Waals surface area contributed by atoms with Crippen LogP contribution in [0.1, 0.15) is 31.0 Å². The minimum absolute atomic E-state index is 0. The van der Waals surface area contributed by atoms with Gasteiger partial charge in [0.2, 0.25) is 0 Å². The van der Waals surface area contributed by atoms with Crippen LogP contribution in [-0.2, 0) is 11.3 Å². The van der Waals surface area contributed by atoms with Crippen molar-refractivity contribution in [2.75, 3.05) is 20.1 Å². The van der Waals surface area contributed by atoms with Gasteiger partial charge < -0.3 is 19.9 Å². The third-order valence-corrected chi connectivity index (χ3v) is 5.99. The van der Waals surface area contributed by atoms with Gasteiger partial charge in [-0.25, -0.2) is 9.78 Å². The second kappa shape index (κ2) is 8.78. The number of urea groups is 1. The number of pyridine rings is 1. The minimum Gasteiger partial charge on any atom is -0.351 e. The zero-order chi connectivity index (χ0) is 20.6. The van der Waals surface area contributed by atoms with Gasteiger partial charge in [-0.05, 0) is 50.3 Å². The molecule has 0 aliphatic carbocycles. The van der Waals surface area contributed by atoms with Crippen LogP contribution in [0.5, 0.6) is 0 Å². The van der Waals surface area contributed by atoms with Crippen molar-refractivity contribution in [3.05, 3.63) is 35.8 Å². The van der Waals surface area contributed by atoms with E-state index >= 15 is 0 Å². The lowest BCUT2D eigenvalue weighted by Gasteiger charge is -2.39. The predicted octanol–water partition coefficient (Wildman–Crippen LogP) is 1.65. The number of rotatable bonds is 3. The lowest BCUT2D eigenvalue weighted by atomic mass is 9.79. The van der Waals surface area contributed by atoms with Crippen LogP contribution in [0.2, 0.25) is 0 Å². The quantitative estimate of drug-likeness (QED) is 0.245. The molecule has 4 rings (SSSR count). The molecular formula is C20H28IN7O2. The first-order valence-corrected chi connectivity index (χ1v) is 9.92. The summed E-state index contributed by atoms with van der Waals surface area (Å²) in [6, 6.07) is 3.71. The van der Waals surface area contributed by atoms with Crippen molar-refractivity contribution < 1.29 is 9.59 Å². The summed E-state index contributed by atoms with van der Waals surface area (Å²) in [6.07, 6.45) is 5.64. The molecule has 3 amide bonds. The van der Waals surface area contributed by atoms with Crippen LogP contribution in [-0.4, -0.2) is 57.9 Å². The number of hydrogen-bond donors (Lipinski definition) is 3. The Balaban J connectivity index is 0.00000256. The number of hydrogen-bond acceptors (Lipinski definition) is 4. The van der Waals surface area contributed by atoms with E-state index in [4.69, 9.17) is 0 Å². The number of carbonyl (C=O) groups is 2. The third-order valence-electron chi connectivity index (χ3n) is 5.99. The number of nitrogens with one attached hydrogen (secondary N) is 3. The number of halogens is 1. The molecule has 2 aromatic heterocycles. The summed E-state index contributed by atoms with van der Waals surface area (Å²) < 4.78 is 2.01. The molecule has 162 valence electrons. The zero-order valence-corrected chi connectivity index (χ0v) is 19.8. The molecule has 2 saturated heterocycles. The van der Waals surface area contributed by atoms with E-state index in [2.05, 4.69) is 49.9 Å². The third kappa shape index (κ3) is 4.23. The van der Waals surface area contributed by atoms with Crippen LogP contribution in [0.15, 0.2) is 29.5 Å². The Morgan fingerprint density at radius 3 is 2.73 bits per heavy atom. The first-order valence-electron chi connectivity index (χ1n) is 9.92. The van der Waals surface area contributed by atoms with E-state index in [1.807, 2.05) is 23.7 Å². The molecule has 30 heavy (non-hydrogen) atoms. The van der Waals surface area contributed by atoms with Gasteiger partial charge in [-0.15, -0.1) is 24.0 Å². The molecule has 9 nitrogen and oxygen atoms in total. The van der Waals surface area contributed by atoms with Gasteiger partial charge in [0.25, 0.3) is 5.91 Å². The number of likely N-dealkylation sites (tertiary alicyclic amines) is 1. The van der Waals surface area contributed by atoms with Crippen LogP contribution in [0.3, 0.4) is 0 Å². The Labute approximate surface area is 192 Å². The van der Waals surface area contributed by atoms with Gasteiger partial charge in [-0.2, -0.15) is 0 Å². The molecule has 0 saturated carbocycles. The molecule has 2 aliphatic heterocycles. The van der Waals surface area contributed by atoms with Crippen molar-refractivity contribution in [3.8, 4) is 0 Å². The van der Waals surface area contributed by atoms with E-state index in [0.717, 1.165) is 43.2 Å². The van der Waals surface area contributed by atoms with E-state index < -0.39 is 11.6 Å². The second-order valence-electron chi connectivity index (χ2n) is 7.97. The van der Waals surface area contributed by atoms with Gasteiger partial charge in [0, 0.05) is 32.5 Å². The number of aliphatic imine (C=N–C) groups is 1. The molecule has 2 fully saturated rings. The van der Waals surface area contributed by atoms with Crippen LogP contribution < -0.4 is 16.0 Å². The number of amides is 3. The molecule has 2 aromatic rings. The van der Waals surface area contributed by atoms with Gasteiger partial charge in [-0.3, -0.25) is 15.1 Å². The van der Waals surface area contributed by atoms with Crippen molar-refractivity contribution in [2.45, 2.75) is 38.8 Å². The molecule has 0 bridgehead atoms. The fraction of sp³-hybridized carbons (Fsp3) is 0.500. The number of imidazole rings is 1. The number of fused-ring (bicyclic) bond motifs is 1. The standard InChI is InChI=1S/C20H27N7O2.HI/c1-13-4-7-27-12-15(23-16(27)10-13)11-22-18(21-3)26-8-5-14(6-9-26)20(2)17(28)24-19(29)25-20;/h4,7,10,12,14H,5-6,8-9,11H2,1-3H3,(H,21,22)(H2,24,25,28,29);1H. The van der Waals surface area contributed by atoms with E-state index in [9.17, 15) is 9.59 Å². The number of imide groups is 1. The Hall–Kier alpha value is -2.37. The first kappa shape index (κ1) is 22.3. The smallest absolute Gasteiger partial charge is 0.322 e. The largest absolute Gasteiger partial charge is 0.351 e. The molecule has 0 radical (unpaired) electrons. The summed E-state index contributed by atoms with van der Waals surface area (Å²) >= 11 is 0. The van der Waals surface area contributed by atoms with Crippen LogP contribution >= 0.6 is 24.0 Å². The van der Waals surface area contributed by atoms with Gasteiger partial charge in [0.05, 0.1) is 12.2 Å². The van der Waals surface area contributed by atoms with E-state index in [1.54, 1.807) is 7.05 Å². The molecule has 4 heterocycles.